The van der Waals surface area contributed by atoms with Crippen molar-refractivity contribution in [1.82, 2.24) is 10.3 Å². The third kappa shape index (κ3) is 3.51. The number of nitrogens with one attached hydrogen (secondary N) is 1. The van der Waals surface area contributed by atoms with E-state index in [1.165, 1.54) is 50.4 Å². The van der Waals surface area contributed by atoms with Gasteiger partial charge in [0.15, 0.2) is 0 Å². The minimum atomic E-state index is -0.561. The zero-order valence-electron chi connectivity index (χ0n) is 9.79. The molecule has 1 fully saturated rings. The Labute approximate surface area is 100 Å². The zero-order valence-corrected chi connectivity index (χ0v) is 9.79. The third-order valence-corrected chi connectivity index (χ3v) is 3.27. The number of hydrogen-bond donors (Lipinski definition) is 1. The minimum absolute atomic E-state index is 0.164. The molecule has 1 aromatic rings. The van der Waals surface area contributed by atoms with Crippen LogP contribution in [-0.2, 0) is 0 Å². The van der Waals surface area contributed by atoms with Crippen LogP contribution in [0.15, 0.2) is 18.3 Å². The highest BCUT2D eigenvalue weighted by Gasteiger charge is 2.14. The molecule has 0 unspecified atom stereocenters. The Hall–Kier alpha value is -1.45. The molecule has 4 heteroatoms. The molecule has 1 N–H and O–H groups in total. The van der Waals surface area contributed by atoms with Gasteiger partial charge in [0, 0.05) is 12.7 Å². The second kappa shape index (κ2) is 5.75. The Bertz CT molecular complexity index is 372. The van der Waals surface area contributed by atoms with Gasteiger partial charge in [-0.3, -0.25) is 4.79 Å². The van der Waals surface area contributed by atoms with Gasteiger partial charge >= 0.3 is 0 Å². The van der Waals surface area contributed by atoms with E-state index in [1.807, 2.05) is 0 Å². The molecular weight excluding hydrogens is 219 g/mol. The number of pyridine rings is 1. The van der Waals surface area contributed by atoms with Gasteiger partial charge < -0.3 is 5.32 Å². The summed E-state index contributed by atoms with van der Waals surface area (Å²) in [6, 6.07) is 2.66. The van der Waals surface area contributed by atoms with E-state index in [9.17, 15) is 9.18 Å². The number of nitrogens with zero attached hydrogens (tertiary/aromatic N) is 1. The second-order valence-electron chi connectivity index (χ2n) is 4.58. The van der Waals surface area contributed by atoms with Gasteiger partial charge in [-0.05, 0) is 30.9 Å². The third-order valence-electron chi connectivity index (χ3n) is 3.27. The van der Waals surface area contributed by atoms with Crippen molar-refractivity contribution in [2.24, 2.45) is 5.92 Å². The van der Waals surface area contributed by atoms with E-state index < -0.39 is 5.95 Å². The zero-order chi connectivity index (χ0) is 12.1. The van der Waals surface area contributed by atoms with E-state index in [0.717, 1.165) is 6.54 Å². The average molecular weight is 236 g/mol. The summed E-state index contributed by atoms with van der Waals surface area (Å²) in [6.45, 7) is 0.718. The molecule has 0 radical (unpaired) electrons. The molecule has 1 saturated carbocycles. The predicted octanol–water partition coefficient (Wildman–Crippen LogP) is 2.53. The first-order valence-electron chi connectivity index (χ1n) is 6.15. The van der Waals surface area contributed by atoms with Crippen LogP contribution in [0.3, 0.4) is 0 Å². The van der Waals surface area contributed by atoms with Crippen molar-refractivity contribution in [3.63, 3.8) is 0 Å². The van der Waals surface area contributed by atoms with Crippen molar-refractivity contribution in [3.8, 4) is 0 Å². The maximum atomic E-state index is 12.6. The van der Waals surface area contributed by atoms with Gasteiger partial charge in [-0.25, -0.2) is 4.98 Å². The Morgan fingerprint density at radius 3 is 2.76 bits per heavy atom. The van der Waals surface area contributed by atoms with E-state index in [1.54, 1.807) is 0 Å². The Morgan fingerprint density at radius 2 is 2.12 bits per heavy atom. The molecule has 1 amide bonds. The first kappa shape index (κ1) is 12.0. The van der Waals surface area contributed by atoms with Gasteiger partial charge in [0.05, 0.1) is 5.56 Å². The van der Waals surface area contributed by atoms with Crippen molar-refractivity contribution in [2.75, 3.05) is 6.54 Å². The molecule has 0 atom stereocenters. The molecule has 17 heavy (non-hydrogen) atoms. The second-order valence-corrected chi connectivity index (χ2v) is 4.58. The fraction of sp³-hybridized carbons (Fsp3) is 0.538. The monoisotopic (exact) mass is 236 g/mol. The molecule has 0 bridgehead atoms. The van der Waals surface area contributed by atoms with E-state index in [4.69, 9.17) is 0 Å². The normalized spacial score (nSPS) is 16.8. The van der Waals surface area contributed by atoms with Crippen LogP contribution in [0.4, 0.5) is 4.39 Å². The minimum Gasteiger partial charge on any atom is -0.352 e. The SMILES string of the molecule is O=C(NCC1CCCCC1)c1ccc(F)nc1. The molecule has 1 aliphatic rings. The highest BCUT2D eigenvalue weighted by Crippen LogP contribution is 2.22. The van der Waals surface area contributed by atoms with Gasteiger partial charge in [0.25, 0.3) is 5.91 Å². The number of carbonyl (C=O) groups is 1. The molecule has 3 nitrogen and oxygen atoms in total. The van der Waals surface area contributed by atoms with E-state index in [-0.39, 0.29) is 5.91 Å². The number of carbonyl (C=O) groups excluding carboxylic acids is 1. The van der Waals surface area contributed by atoms with Crippen molar-refractivity contribution in [3.05, 3.63) is 29.8 Å². The summed E-state index contributed by atoms with van der Waals surface area (Å²) in [5, 5.41) is 2.89. The van der Waals surface area contributed by atoms with Crippen LogP contribution in [0.2, 0.25) is 0 Å². The van der Waals surface area contributed by atoms with Gasteiger partial charge in [-0.2, -0.15) is 4.39 Å². The number of rotatable bonds is 3. The highest BCUT2D eigenvalue weighted by molar-refractivity contribution is 5.93. The molecule has 1 heterocycles. The highest BCUT2D eigenvalue weighted by atomic mass is 19.1. The first-order chi connectivity index (χ1) is 8.25. The number of halogens is 1. The number of amides is 1. The predicted molar refractivity (Wildman–Crippen MR) is 63.1 cm³/mol. The number of hydrogen-bond acceptors (Lipinski definition) is 2. The molecular formula is C13H17FN2O. The Balaban J connectivity index is 1.82. The fourth-order valence-electron chi connectivity index (χ4n) is 2.24. The van der Waals surface area contributed by atoms with Crippen LogP contribution >= 0.6 is 0 Å². The molecule has 1 aromatic heterocycles. The first-order valence-corrected chi connectivity index (χ1v) is 6.15. The van der Waals surface area contributed by atoms with Gasteiger partial charge in [0.1, 0.15) is 0 Å². The summed E-state index contributed by atoms with van der Waals surface area (Å²) >= 11 is 0. The van der Waals surface area contributed by atoms with Crippen molar-refractivity contribution >= 4 is 5.91 Å². The molecule has 1 aliphatic carbocycles. The van der Waals surface area contributed by atoms with Gasteiger partial charge in [0.2, 0.25) is 5.95 Å². The average Bonchev–Trinajstić information content (AvgIpc) is 2.38. The topological polar surface area (TPSA) is 42.0 Å². The van der Waals surface area contributed by atoms with Crippen molar-refractivity contribution in [1.29, 1.82) is 0 Å². The summed E-state index contributed by atoms with van der Waals surface area (Å²) < 4.78 is 12.6. The lowest BCUT2D eigenvalue weighted by Gasteiger charge is -2.21. The van der Waals surface area contributed by atoms with Crippen molar-refractivity contribution in [2.45, 2.75) is 32.1 Å². The lowest BCUT2D eigenvalue weighted by atomic mass is 9.89. The summed E-state index contributed by atoms with van der Waals surface area (Å²) in [7, 11) is 0. The molecule has 0 aromatic carbocycles. The van der Waals surface area contributed by atoms with E-state index in [2.05, 4.69) is 10.3 Å². The van der Waals surface area contributed by atoms with Crippen LogP contribution in [0, 0.1) is 11.9 Å². The van der Waals surface area contributed by atoms with Crippen LogP contribution < -0.4 is 5.32 Å². The lowest BCUT2D eigenvalue weighted by Crippen LogP contribution is -2.30. The van der Waals surface area contributed by atoms with E-state index in [0.29, 0.717) is 11.5 Å². The summed E-state index contributed by atoms with van der Waals surface area (Å²) in [6.07, 6.45) is 7.50. The summed E-state index contributed by atoms with van der Waals surface area (Å²) in [5.74, 6) is -0.127. The molecule has 92 valence electrons. The van der Waals surface area contributed by atoms with Gasteiger partial charge in [-0.15, -0.1) is 0 Å². The molecule has 0 saturated heterocycles. The number of aromatic nitrogens is 1. The Morgan fingerprint density at radius 1 is 1.35 bits per heavy atom. The lowest BCUT2D eigenvalue weighted by molar-refractivity contribution is 0.0943. The van der Waals surface area contributed by atoms with E-state index >= 15 is 0 Å². The fourth-order valence-corrected chi connectivity index (χ4v) is 2.24. The smallest absolute Gasteiger partial charge is 0.252 e. The summed E-state index contributed by atoms with van der Waals surface area (Å²) in [5.41, 5.74) is 0.419. The standard InChI is InChI=1S/C13H17FN2O/c14-12-7-6-11(9-15-12)13(17)16-8-10-4-2-1-3-5-10/h6-7,9-10H,1-5,8H2,(H,16,17). The maximum Gasteiger partial charge on any atom is 0.252 e. The molecule has 2 rings (SSSR count). The molecule has 0 aliphatic heterocycles. The van der Waals surface area contributed by atoms with Crippen LogP contribution in [0.5, 0.6) is 0 Å². The Kier molecular flexibility index (Phi) is 4.07. The molecule has 0 spiro atoms. The summed E-state index contributed by atoms with van der Waals surface area (Å²) in [4.78, 5) is 15.2. The van der Waals surface area contributed by atoms with Gasteiger partial charge in [-0.1, -0.05) is 19.3 Å². The van der Waals surface area contributed by atoms with Crippen LogP contribution in [-0.4, -0.2) is 17.4 Å². The quantitative estimate of drug-likeness (QED) is 0.819. The largest absolute Gasteiger partial charge is 0.352 e. The van der Waals surface area contributed by atoms with Crippen molar-refractivity contribution < 1.29 is 9.18 Å². The van der Waals surface area contributed by atoms with Crippen LogP contribution in [0.25, 0.3) is 0 Å². The van der Waals surface area contributed by atoms with Crippen LogP contribution in [0.1, 0.15) is 42.5 Å². The maximum absolute atomic E-state index is 12.6.